The van der Waals surface area contributed by atoms with Gasteiger partial charge in [0.1, 0.15) is 10.7 Å². The Morgan fingerprint density at radius 2 is 1.90 bits per heavy atom. The number of methoxy groups -OCH3 is 3. The minimum atomic E-state index is -3.98. The highest BCUT2D eigenvalue weighted by Crippen LogP contribution is 2.36. The van der Waals surface area contributed by atoms with Crippen molar-refractivity contribution in [3.05, 3.63) is 59.4 Å². The highest BCUT2D eigenvalue weighted by molar-refractivity contribution is 7.89. The minimum Gasteiger partial charge on any atom is -0.493 e. The second kappa shape index (κ2) is 10.0. The number of nitrogens with one attached hydrogen (secondary N) is 1. The van der Waals surface area contributed by atoms with Gasteiger partial charge in [-0.1, -0.05) is 12.1 Å². The molecule has 2 rings (SSSR count). The third-order valence-corrected chi connectivity index (χ3v) is 5.43. The van der Waals surface area contributed by atoms with Crippen LogP contribution in [0.25, 0.3) is 6.08 Å². The molecular weight excluding hydrogens is 401 g/mol. The van der Waals surface area contributed by atoms with Gasteiger partial charge in [0.05, 0.1) is 21.3 Å². The number of sulfonamides is 1. The lowest BCUT2D eigenvalue weighted by atomic mass is 10.1. The molecule has 1 N–H and O–H groups in total. The van der Waals surface area contributed by atoms with E-state index in [-0.39, 0.29) is 28.8 Å². The number of carbonyl (C=O) groups excluding carboxylic acids is 1. The van der Waals surface area contributed by atoms with Gasteiger partial charge in [0, 0.05) is 12.6 Å². The van der Waals surface area contributed by atoms with E-state index in [9.17, 15) is 17.6 Å². The smallest absolute Gasteiger partial charge is 0.330 e. The summed E-state index contributed by atoms with van der Waals surface area (Å²) < 4.78 is 56.4. The molecule has 0 bridgehead atoms. The SMILES string of the molecule is COC(=O)/C=C/c1cc(OC)c(OC)c(S(=O)(=O)NCCc2cccc(F)c2)c1. The van der Waals surface area contributed by atoms with Gasteiger partial charge in [-0.3, -0.25) is 0 Å². The number of ether oxygens (including phenoxy) is 3. The van der Waals surface area contributed by atoms with Gasteiger partial charge in [-0.15, -0.1) is 0 Å². The lowest BCUT2D eigenvalue weighted by Gasteiger charge is -2.15. The van der Waals surface area contributed by atoms with Gasteiger partial charge in [0.2, 0.25) is 10.0 Å². The molecule has 0 aromatic heterocycles. The first-order valence-corrected chi connectivity index (χ1v) is 10.0. The average molecular weight is 423 g/mol. The van der Waals surface area contributed by atoms with Gasteiger partial charge in [-0.2, -0.15) is 0 Å². The molecule has 0 spiro atoms. The van der Waals surface area contributed by atoms with Gasteiger partial charge in [0.25, 0.3) is 0 Å². The molecule has 2 aromatic carbocycles. The van der Waals surface area contributed by atoms with Crippen molar-refractivity contribution in [3.63, 3.8) is 0 Å². The molecule has 0 amide bonds. The van der Waals surface area contributed by atoms with Crippen LogP contribution in [-0.4, -0.2) is 42.3 Å². The number of carbonyl (C=O) groups is 1. The Labute approximate surface area is 169 Å². The highest BCUT2D eigenvalue weighted by Gasteiger charge is 2.23. The monoisotopic (exact) mass is 423 g/mol. The largest absolute Gasteiger partial charge is 0.493 e. The van der Waals surface area contributed by atoms with Gasteiger partial charge in [-0.05, 0) is 47.9 Å². The van der Waals surface area contributed by atoms with Crippen molar-refractivity contribution < 1.29 is 31.8 Å². The standard InChI is InChI=1S/C20H22FNO6S/c1-26-17-12-15(7-8-19(23)27-2)13-18(20(17)28-3)29(24,25)22-10-9-14-5-4-6-16(21)11-14/h4-8,11-13,22H,9-10H2,1-3H3/b8-7+. The average Bonchev–Trinajstić information content (AvgIpc) is 2.71. The molecule has 0 saturated carbocycles. The van der Waals surface area contributed by atoms with E-state index in [1.165, 1.54) is 51.7 Å². The Kier molecular flexibility index (Phi) is 7.74. The summed E-state index contributed by atoms with van der Waals surface area (Å²) in [6.07, 6.45) is 2.87. The third-order valence-electron chi connectivity index (χ3n) is 3.96. The first-order chi connectivity index (χ1) is 13.8. The molecule has 0 aliphatic heterocycles. The Balaban J connectivity index is 2.30. The second-order valence-electron chi connectivity index (χ2n) is 5.89. The molecule has 0 heterocycles. The second-order valence-corrected chi connectivity index (χ2v) is 7.62. The molecule has 0 aliphatic rings. The lowest BCUT2D eigenvalue weighted by molar-refractivity contribution is -0.134. The number of hydrogen-bond donors (Lipinski definition) is 1. The topological polar surface area (TPSA) is 90.9 Å². The van der Waals surface area contributed by atoms with Crippen molar-refractivity contribution in [2.75, 3.05) is 27.9 Å². The van der Waals surface area contributed by atoms with Crippen molar-refractivity contribution in [1.29, 1.82) is 0 Å². The summed E-state index contributed by atoms with van der Waals surface area (Å²) in [6, 6.07) is 8.81. The zero-order valence-electron chi connectivity index (χ0n) is 16.3. The van der Waals surface area contributed by atoms with Crippen LogP contribution in [0.4, 0.5) is 4.39 Å². The van der Waals surface area contributed by atoms with E-state index >= 15 is 0 Å². The highest BCUT2D eigenvalue weighted by atomic mass is 32.2. The fourth-order valence-electron chi connectivity index (χ4n) is 2.58. The predicted molar refractivity (Wildman–Crippen MR) is 106 cm³/mol. The van der Waals surface area contributed by atoms with Gasteiger partial charge >= 0.3 is 5.97 Å². The molecule has 0 atom stereocenters. The molecule has 0 fully saturated rings. The summed E-state index contributed by atoms with van der Waals surface area (Å²) in [5.74, 6) is -0.759. The normalized spacial score (nSPS) is 11.4. The zero-order chi connectivity index (χ0) is 21.4. The number of esters is 1. The van der Waals surface area contributed by atoms with E-state index in [4.69, 9.17) is 9.47 Å². The lowest BCUT2D eigenvalue weighted by Crippen LogP contribution is -2.26. The van der Waals surface area contributed by atoms with Crippen molar-refractivity contribution in [2.45, 2.75) is 11.3 Å². The van der Waals surface area contributed by atoms with E-state index in [0.717, 1.165) is 6.08 Å². The van der Waals surface area contributed by atoms with Crippen LogP contribution in [0.5, 0.6) is 11.5 Å². The van der Waals surface area contributed by atoms with Crippen LogP contribution in [0.1, 0.15) is 11.1 Å². The van der Waals surface area contributed by atoms with Crippen LogP contribution in [0.15, 0.2) is 47.4 Å². The van der Waals surface area contributed by atoms with Gasteiger partial charge < -0.3 is 14.2 Å². The van der Waals surface area contributed by atoms with Gasteiger partial charge in [-0.25, -0.2) is 22.3 Å². The van der Waals surface area contributed by atoms with Crippen molar-refractivity contribution in [3.8, 4) is 11.5 Å². The first kappa shape index (κ1) is 22.4. The Bertz CT molecular complexity index is 1000. The van der Waals surface area contributed by atoms with Crippen molar-refractivity contribution >= 4 is 22.1 Å². The van der Waals surface area contributed by atoms with Crippen LogP contribution < -0.4 is 14.2 Å². The molecule has 0 aliphatic carbocycles. The van der Waals surface area contributed by atoms with Gasteiger partial charge in [0.15, 0.2) is 11.5 Å². The molecule has 0 unspecified atom stereocenters. The van der Waals surface area contributed by atoms with Crippen molar-refractivity contribution in [1.82, 2.24) is 4.72 Å². The summed E-state index contributed by atoms with van der Waals surface area (Å²) in [4.78, 5) is 11.2. The van der Waals surface area contributed by atoms with E-state index in [2.05, 4.69) is 9.46 Å². The number of halogens is 1. The maximum atomic E-state index is 13.3. The predicted octanol–water partition coefficient (Wildman–Crippen LogP) is 2.55. The third kappa shape index (κ3) is 6.03. The summed E-state index contributed by atoms with van der Waals surface area (Å²) in [6.45, 7) is 0.0550. The maximum Gasteiger partial charge on any atom is 0.330 e. The van der Waals surface area contributed by atoms with Crippen LogP contribution in [0, 0.1) is 5.82 Å². The summed E-state index contributed by atoms with van der Waals surface area (Å²) in [5.41, 5.74) is 1.06. The van der Waals surface area contributed by atoms with E-state index < -0.39 is 16.0 Å². The van der Waals surface area contributed by atoms with Crippen LogP contribution >= 0.6 is 0 Å². The molecule has 2 aromatic rings. The quantitative estimate of drug-likeness (QED) is 0.492. The molecule has 0 saturated heterocycles. The van der Waals surface area contributed by atoms with Crippen LogP contribution in [-0.2, 0) is 26.0 Å². The molecule has 156 valence electrons. The number of hydrogen-bond acceptors (Lipinski definition) is 6. The van der Waals surface area contributed by atoms with E-state index in [1.807, 2.05) is 0 Å². The maximum absolute atomic E-state index is 13.3. The van der Waals surface area contributed by atoms with Crippen LogP contribution in [0.2, 0.25) is 0 Å². The fourth-order valence-corrected chi connectivity index (χ4v) is 3.82. The summed E-state index contributed by atoms with van der Waals surface area (Å²) >= 11 is 0. The molecule has 0 radical (unpaired) electrons. The number of rotatable bonds is 9. The number of benzene rings is 2. The first-order valence-electron chi connectivity index (χ1n) is 8.57. The Morgan fingerprint density at radius 1 is 1.14 bits per heavy atom. The minimum absolute atomic E-state index is 0.0287. The summed E-state index contributed by atoms with van der Waals surface area (Å²) in [7, 11) is -0.0441. The molecule has 9 heteroatoms. The Morgan fingerprint density at radius 3 is 2.52 bits per heavy atom. The zero-order valence-corrected chi connectivity index (χ0v) is 17.1. The van der Waals surface area contributed by atoms with Crippen molar-refractivity contribution in [2.24, 2.45) is 0 Å². The van der Waals surface area contributed by atoms with E-state index in [1.54, 1.807) is 12.1 Å². The summed E-state index contributed by atoms with van der Waals surface area (Å²) in [5, 5.41) is 0. The molecule has 7 nitrogen and oxygen atoms in total. The fraction of sp³-hybridized carbons (Fsp3) is 0.250. The van der Waals surface area contributed by atoms with Crippen LogP contribution in [0.3, 0.4) is 0 Å². The van der Waals surface area contributed by atoms with E-state index in [0.29, 0.717) is 17.5 Å². The molecule has 29 heavy (non-hydrogen) atoms. The Hall–Kier alpha value is -2.91. The molecular formula is C20H22FNO6S.